The molecule has 0 saturated heterocycles. The molecule has 0 spiro atoms. The van der Waals surface area contributed by atoms with Crippen LogP contribution in [-0.4, -0.2) is 21.7 Å². The van der Waals surface area contributed by atoms with E-state index in [0.29, 0.717) is 11.4 Å². The largest absolute Gasteiger partial charge is 0.404 e. The van der Waals surface area contributed by atoms with Crippen LogP contribution in [0.5, 0.6) is 0 Å². The van der Waals surface area contributed by atoms with E-state index in [2.05, 4.69) is 15.3 Å². The van der Waals surface area contributed by atoms with Crippen molar-refractivity contribution in [1.29, 1.82) is 5.41 Å². The number of allylic oxidation sites excluding steroid dienone is 1. The molecule has 1 aromatic rings. The molecule has 0 aromatic carbocycles. The number of rotatable bonds is 3. The summed E-state index contributed by atoms with van der Waals surface area (Å²) in [6, 6.07) is 1.78. The summed E-state index contributed by atoms with van der Waals surface area (Å²) < 4.78 is 0. The minimum atomic E-state index is -0.0666. The second-order valence-electron chi connectivity index (χ2n) is 4.41. The van der Waals surface area contributed by atoms with Crippen LogP contribution in [-0.2, 0) is 0 Å². The Morgan fingerprint density at radius 1 is 1.50 bits per heavy atom. The molecule has 0 aliphatic heterocycles. The quantitative estimate of drug-likeness (QED) is 0.674. The number of nitrogens with zero attached hydrogens (tertiary/aromatic N) is 2. The highest BCUT2D eigenvalue weighted by Crippen LogP contribution is 2.13. The standard InChI is InChI=1S/C11H17N5/c1-11(2,3)16-9-4-5-14-10(15-9)8(6-12)7-13/h4-7,12H,13H2,1-3H3,(H,14,15,16)/b8-7+,12-6?. The van der Waals surface area contributed by atoms with E-state index in [0.717, 1.165) is 12.0 Å². The molecule has 0 amide bonds. The predicted octanol–water partition coefficient (Wildman–Crippen LogP) is 1.64. The first kappa shape index (κ1) is 12.2. The van der Waals surface area contributed by atoms with Crippen LogP contribution in [0.3, 0.4) is 0 Å². The van der Waals surface area contributed by atoms with Gasteiger partial charge < -0.3 is 16.5 Å². The van der Waals surface area contributed by atoms with E-state index in [-0.39, 0.29) is 5.54 Å². The Labute approximate surface area is 95.3 Å². The van der Waals surface area contributed by atoms with Crippen molar-refractivity contribution < 1.29 is 0 Å². The molecular weight excluding hydrogens is 202 g/mol. The fourth-order valence-electron chi connectivity index (χ4n) is 1.14. The van der Waals surface area contributed by atoms with Gasteiger partial charge in [0.1, 0.15) is 5.82 Å². The normalized spacial score (nSPS) is 12.3. The van der Waals surface area contributed by atoms with E-state index < -0.39 is 0 Å². The minimum Gasteiger partial charge on any atom is -0.404 e. The summed E-state index contributed by atoms with van der Waals surface area (Å²) in [6.07, 6.45) is 4.10. The summed E-state index contributed by atoms with van der Waals surface area (Å²) in [7, 11) is 0. The van der Waals surface area contributed by atoms with Gasteiger partial charge in [-0.1, -0.05) is 0 Å². The van der Waals surface area contributed by atoms with Crippen LogP contribution in [0.4, 0.5) is 5.82 Å². The van der Waals surface area contributed by atoms with Crippen LogP contribution < -0.4 is 11.1 Å². The van der Waals surface area contributed by atoms with Gasteiger partial charge in [0.25, 0.3) is 0 Å². The Hall–Kier alpha value is -1.91. The molecule has 0 radical (unpaired) electrons. The molecule has 16 heavy (non-hydrogen) atoms. The van der Waals surface area contributed by atoms with Crippen molar-refractivity contribution in [3.8, 4) is 0 Å². The maximum atomic E-state index is 7.17. The van der Waals surface area contributed by atoms with E-state index in [1.807, 2.05) is 20.8 Å². The molecule has 0 saturated carbocycles. The van der Waals surface area contributed by atoms with Crippen LogP contribution in [0, 0.1) is 5.41 Å². The fraction of sp³-hybridized carbons (Fsp3) is 0.364. The van der Waals surface area contributed by atoms with Crippen molar-refractivity contribution in [2.24, 2.45) is 5.73 Å². The maximum absolute atomic E-state index is 7.17. The Morgan fingerprint density at radius 3 is 2.69 bits per heavy atom. The van der Waals surface area contributed by atoms with Gasteiger partial charge in [0.05, 0.1) is 5.57 Å². The highest BCUT2D eigenvalue weighted by atomic mass is 15.1. The first-order chi connectivity index (χ1) is 7.46. The number of hydrogen-bond acceptors (Lipinski definition) is 5. The molecule has 0 aliphatic rings. The summed E-state index contributed by atoms with van der Waals surface area (Å²) in [4.78, 5) is 8.34. The number of hydrogen-bond donors (Lipinski definition) is 3. The monoisotopic (exact) mass is 219 g/mol. The number of nitrogens with two attached hydrogens (primary N) is 1. The molecular formula is C11H17N5. The molecule has 4 N–H and O–H groups in total. The molecule has 1 rings (SSSR count). The molecule has 1 aromatic heterocycles. The van der Waals surface area contributed by atoms with Gasteiger partial charge in [-0.05, 0) is 26.8 Å². The molecule has 5 heteroatoms. The molecule has 1 heterocycles. The zero-order chi connectivity index (χ0) is 12.2. The Bertz CT molecular complexity index is 403. The van der Waals surface area contributed by atoms with E-state index in [4.69, 9.17) is 11.1 Å². The highest BCUT2D eigenvalue weighted by molar-refractivity contribution is 6.06. The van der Waals surface area contributed by atoms with Crippen molar-refractivity contribution in [3.63, 3.8) is 0 Å². The van der Waals surface area contributed by atoms with Gasteiger partial charge in [-0.25, -0.2) is 9.97 Å². The zero-order valence-electron chi connectivity index (χ0n) is 9.78. The third kappa shape index (κ3) is 3.34. The predicted molar refractivity (Wildman–Crippen MR) is 66.4 cm³/mol. The zero-order valence-corrected chi connectivity index (χ0v) is 9.78. The highest BCUT2D eigenvalue weighted by Gasteiger charge is 2.11. The number of nitrogens with one attached hydrogen (secondary N) is 2. The molecule has 0 atom stereocenters. The van der Waals surface area contributed by atoms with Gasteiger partial charge in [-0.2, -0.15) is 0 Å². The lowest BCUT2D eigenvalue weighted by molar-refractivity contribution is 0.630. The lowest BCUT2D eigenvalue weighted by Gasteiger charge is -2.21. The summed E-state index contributed by atoms with van der Waals surface area (Å²) in [6.45, 7) is 6.14. The van der Waals surface area contributed by atoms with Gasteiger partial charge in [0.15, 0.2) is 5.82 Å². The summed E-state index contributed by atoms with van der Waals surface area (Å²) in [5.41, 5.74) is 5.81. The van der Waals surface area contributed by atoms with E-state index >= 15 is 0 Å². The average molecular weight is 219 g/mol. The van der Waals surface area contributed by atoms with Crippen molar-refractivity contribution >= 4 is 17.6 Å². The number of anilines is 1. The smallest absolute Gasteiger partial charge is 0.164 e. The van der Waals surface area contributed by atoms with Crippen LogP contribution in [0.2, 0.25) is 0 Å². The van der Waals surface area contributed by atoms with Crippen molar-refractivity contribution in [3.05, 3.63) is 24.3 Å². The SMILES string of the molecule is CC(C)(C)Nc1ccnc(/C(C=N)=C/N)n1. The third-order valence-electron chi connectivity index (χ3n) is 1.75. The molecule has 0 fully saturated rings. The fourth-order valence-corrected chi connectivity index (χ4v) is 1.14. The van der Waals surface area contributed by atoms with E-state index in [9.17, 15) is 0 Å². The van der Waals surface area contributed by atoms with E-state index in [1.165, 1.54) is 6.20 Å². The average Bonchev–Trinajstić information content (AvgIpc) is 2.17. The summed E-state index contributed by atoms with van der Waals surface area (Å²) >= 11 is 0. The van der Waals surface area contributed by atoms with Gasteiger partial charge in [0.2, 0.25) is 0 Å². The Kier molecular flexibility index (Phi) is 3.60. The van der Waals surface area contributed by atoms with E-state index in [1.54, 1.807) is 12.3 Å². The van der Waals surface area contributed by atoms with Crippen LogP contribution in [0.1, 0.15) is 26.6 Å². The second-order valence-corrected chi connectivity index (χ2v) is 4.41. The van der Waals surface area contributed by atoms with Crippen molar-refractivity contribution in [2.45, 2.75) is 26.3 Å². The Morgan fingerprint density at radius 2 is 2.19 bits per heavy atom. The molecule has 0 unspecified atom stereocenters. The van der Waals surface area contributed by atoms with Crippen molar-refractivity contribution in [2.75, 3.05) is 5.32 Å². The number of aromatic nitrogens is 2. The van der Waals surface area contributed by atoms with Crippen molar-refractivity contribution in [1.82, 2.24) is 9.97 Å². The first-order valence-electron chi connectivity index (χ1n) is 5.00. The molecule has 0 bridgehead atoms. The van der Waals surface area contributed by atoms with Gasteiger partial charge in [0, 0.05) is 24.2 Å². The van der Waals surface area contributed by atoms with Crippen LogP contribution >= 0.6 is 0 Å². The first-order valence-corrected chi connectivity index (χ1v) is 5.00. The lowest BCUT2D eigenvalue weighted by atomic mass is 10.1. The maximum Gasteiger partial charge on any atom is 0.164 e. The topological polar surface area (TPSA) is 87.7 Å². The Balaban J connectivity index is 3.00. The lowest BCUT2D eigenvalue weighted by Crippen LogP contribution is -2.26. The summed E-state index contributed by atoms with van der Waals surface area (Å²) in [5.74, 6) is 1.17. The summed E-state index contributed by atoms with van der Waals surface area (Å²) in [5, 5.41) is 10.4. The molecule has 86 valence electrons. The molecule has 5 nitrogen and oxygen atoms in total. The third-order valence-corrected chi connectivity index (χ3v) is 1.75. The second kappa shape index (κ2) is 4.74. The molecule has 0 aliphatic carbocycles. The van der Waals surface area contributed by atoms with Gasteiger partial charge in [-0.15, -0.1) is 0 Å². The van der Waals surface area contributed by atoms with Gasteiger partial charge >= 0.3 is 0 Å². The van der Waals surface area contributed by atoms with Crippen LogP contribution in [0.25, 0.3) is 5.57 Å². The van der Waals surface area contributed by atoms with Crippen LogP contribution in [0.15, 0.2) is 18.5 Å². The minimum absolute atomic E-state index is 0.0666. The van der Waals surface area contributed by atoms with Gasteiger partial charge in [-0.3, -0.25) is 0 Å².